The van der Waals surface area contributed by atoms with Crippen molar-refractivity contribution in [1.82, 2.24) is 4.90 Å². The van der Waals surface area contributed by atoms with Gasteiger partial charge in [-0.1, -0.05) is 0 Å². The SMILES string of the molecule is CCOCCN1C[C@@H](O)[C@@H](O)C1. The predicted molar refractivity (Wildman–Crippen MR) is 44.9 cm³/mol. The van der Waals surface area contributed by atoms with Gasteiger partial charge in [0.2, 0.25) is 0 Å². The van der Waals surface area contributed by atoms with Gasteiger partial charge in [-0.3, -0.25) is 4.90 Å². The molecule has 0 aromatic heterocycles. The highest BCUT2D eigenvalue weighted by molar-refractivity contribution is 4.82. The molecule has 1 aliphatic heterocycles. The Balaban J connectivity index is 2.10. The number of aliphatic hydroxyl groups is 2. The standard InChI is InChI=1S/C8H17NO3/c1-2-12-4-3-9-5-7(10)8(11)6-9/h7-8,10-11H,2-6H2,1H3/t7-,8+. The van der Waals surface area contributed by atoms with Crippen molar-refractivity contribution in [2.45, 2.75) is 19.1 Å². The maximum Gasteiger partial charge on any atom is 0.0938 e. The van der Waals surface area contributed by atoms with Gasteiger partial charge in [-0.15, -0.1) is 0 Å². The summed E-state index contributed by atoms with van der Waals surface area (Å²) in [6.07, 6.45) is -1.15. The Morgan fingerprint density at radius 2 is 1.92 bits per heavy atom. The molecule has 0 unspecified atom stereocenters. The summed E-state index contributed by atoms with van der Waals surface area (Å²) in [6.45, 7) is 5.27. The van der Waals surface area contributed by atoms with Gasteiger partial charge in [0.15, 0.2) is 0 Å². The van der Waals surface area contributed by atoms with E-state index in [1.165, 1.54) is 0 Å². The molecule has 12 heavy (non-hydrogen) atoms. The molecule has 0 radical (unpaired) electrons. The van der Waals surface area contributed by atoms with Gasteiger partial charge in [0, 0.05) is 26.2 Å². The third-order valence-corrected chi connectivity index (χ3v) is 2.09. The largest absolute Gasteiger partial charge is 0.389 e. The molecule has 0 aliphatic carbocycles. The molecule has 1 heterocycles. The Kier molecular flexibility index (Phi) is 3.94. The smallest absolute Gasteiger partial charge is 0.0938 e. The molecule has 0 spiro atoms. The van der Waals surface area contributed by atoms with Crippen molar-refractivity contribution in [3.63, 3.8) is 0 Å². The van der Waals surface area contributed by atoms with Crippen molar-refractivity contribution in [2.24, 2.45) is 0 Å². The van der Waals surface area contributed by atoms with E-state index < -0.39 is 12.2 Å². The predicted octanol–water partition coefficient (Wildman–Crippen LogP) is -0.940. The molecule has 0 amide bonds. The van der Waals surface area contributed by atoms with Crippen LogP contribution in [0.4, 0.5) is 0 Å². The second-order valence-electron chi connectivity index (χ2n) is 3.09. The fourth-order valence-corrected chi connectivity index (χ4v) is 1.37. The summed E-state index contributed by atoms with van der Waals surface area (Å²) in [4.78, 5) is 2.00. The van der Waals surface area contributed by atoms with Crippen LogP contribution >= 0.6 is 0 Å². The molecule has 1 saturated heterocycles. The van der Waals surface area contributed by atoms with Gasteiger partial charge in [-0.2, -0.15) is 0 Å². The topological polar surface area (TPSA) is 52.9 Å². The lowest BCUT2D eigenvalue weighted by Gasteiger charge is -2.13. The Morgan fingerprint density at radius 1 is 1.33 bits per heavy atom. The zero-order valence-electron chi connectivity index (χ0n) is 7.44. The summed E-state index contributed by atoms with van der Waals surface area (Å²) in [7, 11) is 0. The summed E-state index contributed by atoms with van der Waals surface area (Å²) in [5.41, 5.74) is 0. The van der Waals surface area contributed by atoms with Gasteiger partial charge < -0.3 is 14.9 Å². The molecule has 0 bridgehead atoms. The van der Waals surface area contributed by atoms with E-state index in [4.69, 9.17) is 4.74 Å². The molecule has 4 nitrogen and oxygen atoms in total. The van der Waals surface area contributed by atoms with E-state index in [0.29, 0.717) is 19.7 Å². The number of hydrogen-bond donors (Lipinski definition) is 2. The van der Waals surface area contributed by atoms with Crippen LogP contribution in [0, 0.1) is 0 Å². The highest BCUT2D eigenvalue weighted by atomic mass is 16.5. The fraction of sp³-hybridized carbons (Fsp3) is 1.00. The summed E-state index contributed by atoms with van der Waals surface area (Å²) in [5, 5.41) is 18.4. The van der Waals surface area contributed by atoms with Crippen molar-refractivity contribution in [1.29, 1.82) is 0 Å². The minimum Gasteiger partial charge on any atom is -0.389 e. The molecule has 1 rings (SSSR count). The third kappa shape index (κ3) is 2.71. The zero-order valence-corrected chi connectivity index (χ0v) is 7.44. The van der Waals surface area contributed by atoms with E-state index in [1.54, 1.807) is 0 Å². The number of ether oxygens (including phenoxy) is 1. The Labute approximate surface area is 72.7 Å². The molecule has 0 aromatic carbocycles. The van der Waals surface area contributed by atoms with E-state index >= 15 is 0 Å². The van der Waals surface area contributed by atoms with Crippen LogP contribution < -0.4 is 0 Å². The first kappa shape index (κ1) is 9.92. The van der Waals surface area contributed by atoms with Gasteiger partial charge in [0.05, 0.1) is 18.8 Å². The first-order chi connectivity index (χ1) is 5.74. The number of β-amino-alcohol motifs (C(OH)–C–C–N with tert-alkyl or cyclic N) is 2. The van der Waals surface area contributed by atoms with Crippen LogP contribution in [-0.2, 0) is 4.74 Å². The summed E-state index contributed by atoms with van der Waals surface area (Å²) in [5.74, 6) is 0. The molecule has 0 saturated carbocycles. The Hall–Kier alpha value is -0.160. The second kappa shape index (κ2) is 4.77. The molecule has 4 heteroatoms. The first-order valence-electron chi connectivity index (χ1n) is 4.40. The summed E-state index contributed by atoms with van der Waals surface area (Å²) < 4.78 is 5.16. The van der Waals surface area contributed by atoms with Crippen molar-refractivity contribution >= 4 is 0 Å². The molecular weight excluding hydrogens is 158 g/mol. The van der Waals surface area contributed by atoms with E-state index in [1.807, 2.05) is 11.8 Å². The average molecular weight is 175 g/mol. The molecular formula is C8H17NO3. The van der Waals surface area contributed by atoms with Crippen molar-refractivity contribution < 1.29 is 14.9 Å². The molecule has 1 fully saturated rings. The van der Waals surface area contributed by atoms with Gasteiger partial charge in [-0.25, -0.2) is 0 Å². The molecule has 0 aromatic rings. The minimum absolute atomic E-state index is 0.564. The van der Waals surface area contributed by atoms with Crippen LogP contribution in [0.5, 0.6) is 0 Å². The monoisotopic (exact) mass is 175 g/mol. The lowest BCUT2D eigenvalue weighted by molar-refractivity contribution is 0.0572. The molecule has 2 atom stereocenters. The number of aliphatic hydroxyl groups excluding tert-OH is 2. The summed E-state index contributed by atoms with van der Waals surface area (Å²) >= 11 is 0. The van der Waals surface area contributed by atoms with E-state index in [0.717, 1.165) is 13.2 Å². The van der Waals surface area contributed by atoms with Crippen LogP contribution in [0.2, 0.25) is 0 Å². The highest BCUT2D eigenvalue weighted by Crippen LogP contribution is 2.08. The lowest BCUT2D eigenvalue weighted by atomic mass is 10.3. The zero-order chi connectivity index (χ0) is 8.97. The Morgan fingerprint density at radius 3 is 2.42 bits per heavy atom. The van der Waals surface area contributed by atoms with Gasteiger partial charge >= 0.3 is 0 Å². The van der Waals surface area contributed by atoms with Crippen LogP contribution in [-0.4, -0.2) is 60.2 Å². The van der Waals surface area contributed by atoms with Gasteiger partial charge in [-0.05, 0) is 6.92 Å². The molecule has 2 N–H and O–H groups in total. The van der Waals surface area contributed by atoms with Crippen molar-refractivity contribution in [2.75, 3.05) is 32.8 Å². The van der Waals surface area contributed by atoms with Crippen LogP contribution in [0.3, 0.4) is 0 Å². The molecule has 1 aliphatic rings. The first-order valence-corrected chi connectivity index (χ1v) is 4.40. The van der Waals surface area contributed by atoms with E-state index in [-0.39, 0.29) is 0 Å². The van der Waals surface area contributed by atoms with Crippen LogP contribution in [0.1, 0.15) is 6.92 Å². The maximum atomic E-state index is 9.19. The quantitative estimate of drug-likeness (QED) is 0.541. The minimum atomic E-state index is -0.577. The lowest BCUT2D eigenvalue weighted by Crippen LogP contribution is -2.26. The number of nitrogens with zero attached hydrogens (tertiary/aromatic N) is 1. The van der Waals surface area contributed by atoms with Crippen LogP contribution in [0.25, 0.3) is 0 Å². The van der Waals surface area contributed by atoms with Crippen molar-refractivity contribution in [3.05, 3.63) is 0 Å². The highest BCUT2D eigenvalue weighted by Gasteiger charge is 2.28. The fourth-order valence-electron chi connectivity index (χ4n) is 1.37. The van der Waals surface area contributed by atoms with Crippen LogP contribution in [0.15, 0.2) is 0 Å². The van der Waals surface area contributed by atoms with E-state index in [2.05, 4.69) is 0 Å². The number of likely N-dealkylation sites (tertiary alicyclic amines) is 1. The second-order valence-corrected chi connectivity index (χ2v) is 3.09. The summed E-state index contributed by atoms with van der Waals surface area (Å²) in [6, 6.07) is 0. The third-order valence-electron chi connectivity index (χ3n) is 2.09. The Bertz CT molecular complexity index is 121. The maximum absolute atomic E-state index is 9.19. The number of rotatable bonds is 4. The van der Waals surface area contributed by atoms with Gasteiger partial charge in [0.1, 0.15) is 0 Å². The number of hydrogen-bond acceptors (Lipinski definition) is 4. The van der Waals surface area contributed by atoms with Gasteiger partial charge in [0.25, 0.3) is 0 Å². The molecule has 72 valence electrons. The normalized spacial score (nSPS) is 31.2. The van der Waals surface area contributed by atoms with E-state index in [9.17, 15) is 10.2 Å². The average Bonchev–Trinajstić information content (AvgIpc) is 2.32. The van der Waals surface area contributed by atoms with Crippen molar-refractivity contribution in [3.8, 4) is 0 Å².